The predicted molar refractivity (Wildman–Crippen MR) is 132 cm³/mol. The van der Waals surface area contributed by atoms with E-state index in [0.29, 0.717) is 18.8 Å². The van der Waals surface area contributed by atoms with Crippen LogP contribution in [-0.2, 0) is 6.54 Å². The van der Waals surface area contributed by atoms with E-state index in [9.17, 15) is 9.30 Å². The van der Waals surface area contributed by atoms with Crippen LogP contribution in [0.15, 0.2) is 57.9 Å². The zero-order valence-corrected chi connectivity index (χ0v) is 19.8. The van der Waals surface area contributed by atoms with Gasteiger partial charge in [0.25, 0.3) is 0 Å². The number of likely N-dealkylation sites (N-methyl/N-ethyl adjacent to an activating group) is 1. The molecule has 0 radical (unpaired) electrons. The highest BCUT2D eigenvalue weighted by Gasteiger charge is 2.36. The van der Waals surface area contributed by atoms with Gasteiger partial charge in [0.05, 0.1) is 18.6 Å². The number of alkyl halides is 1. The van der Waals surface area contributed by atoms with E-state index in [1.807, 2.05) is 27.7 Å². The molecule has 178 valence electrons. The molecule has 10 heteroatoms. The van der Waals surface area contributed by atoms with Crippen molar-refractivity contribution in [2.45, 2.75) is 58.9 Å². The van der Waals surface area contributed by atoms with Gasteiger partial charge in [-0.2, -0.15) is 10.0 Å². The van der Waals surface area contributed by atoms with E-state index < -0.39 is 6.17 Å². The van der Waals surface area contributed by atoms with Gasteiger partial charge in [0, 0.05) is 31.6 Å². The summed E-state index contributed by atoms with van der Waals surface area (Å²) in [4.78, 5) is 21.2. The Kier molecular flexibility index (Phi) is 12.0. The number of aromatic nitrogens is 2. The van der Waals surface area contributed by atoms with Crippen molar-refractivity contribution in [3.8, 4) is 12.3 Å². The van der Waals surface area contributed by atoms with Gasteiger partial charge in [0.2, 0.25) is 0 Å². The van der Waals surface area contributed by atoms with Gasteiger partial charge in [-0.25, -0.2) is 19.4 Å². The Morgan fingerprint density at radius 3 is 2.67 bits per heavy atom. The molecule has 1 aromatic heterocycles. The molecule has 2 unspecified atom stereocenters. The van der Waals surface area contributed by atoms with Crippen molar-refractivity contribution in [2.24, 2.45) is 15.3 Å². The number of hydrogen-bond donors (Lipinski definition) is 1. The maximum Gasteiger partial charge on any atom is 0.152 e. The lowest BCUT2D eigenvalue weighted by Crippen LogP contribution is -2.43. The standard InChI is InChI=1S/C14H19N7O.C5H6.C4H8FN/c1-3-4-11-12(8-20-6-5-15-9-20)16-10-21-14(11)19(2)13(18-21)7-17-22;1-3-5-4-2;1-3(5)4(2)6/h5-6,9-10,14H,3-4,7-8H2,1-2H3;1,4H,2,5H2;3,6H,1-2H3. The summed E-state index contributed by atoms with van der Waals surface area (Å²) >= 11 is 0. The number of aliphatic imine (C=N–C) groups is 1. The monoisotopic (exact) mass is 456 g/mol. The van der Waals surface area contributed by atoms with Gasteiger partial charge in [-0.05, 0) is 25.8 Å². The summed E-state index contributed by atoms with van der Waals surface area (Å²) in [6.45, 7) is 9.12. The first kappa shape index (κ1) is 27.4. The van der Waals surface area contributed by atoms with E-state index in [1.165, 1.54) is 19.4 Å². The zero-order valence-electron chi connectivity index (χ0n) is 19.8. The maximum atomic E-state index is 11.6. The van der Waals surface area contributed by atoms with Crippen LogP contribution < -0.4 is 0 Å². The van der Waals surface area contributed by atoms with Gasteiger partial charge in [0.15, 0.2) is 5.84 Å². The minimum Gasteiger partial charge on any atom is -0.334 e. The minimum absolute atomic E-state index is 0.00674. The summed E-state index contributed by atoms with van der Waals surface area (Å²) < 4.78 is 13.6. The maximum absolute atomic E-state index is 11.6. The van der Waals surface area contributed by atoms with Crippen LogP contribution in [0.3, 0.4) is 0 Å². The number of nitrogens with one attached hydrogen (secondary N) is 1. The molecule has 1 N–H and O–H groups in total. The summed E-state index contributed by atoms with van der Waals surface area (Å²) in [6.07, 6.45) is 15.3. The van der Waals surface area contributed by atoms with Crippen molar-refractivity contribution in [3.63, 3.8) is 0 Å². The van der Waals surface area contributed by atoms with Crippen molar-refractivity contribution in [1.29, 1.82) is 5.41 Å². The number of nitrogens with zero attached hydrogens (tertiary/aromatic N) is 7. The summed E-state index contributed by atoms with van der Waals surface area (Å²) in [7, 11) is 1.94. The van der Waals surface area contributed by atoms with Crippen molar-refractivity contribution in [2.75, 3.05) is 13.6 Å². The molecule has 0 bridgehead atoms. The Balaban J connectivity index is 0.000000414. The van der Waals surface area contributed by atoms with Gasteiger partial charge < -0.3 is 14.9 Å². The molecule has 1 aromatic rings. The van der Waals surface area contributed by atoms with Crippen LogP contribution in [0.1, 0.15) is 40.0 Å². The van der Waals surface area contributed by atoms with Gasteiger partial charge in [0.1, 0.15) is 25.2 Å². The first-order chi connectivity index (χ1) is 15.8. The fourth-order valence-corrected chi connectivity index (χ4v) is 2.94. The molecule has 0 saturated heterocycles. The third-order valence-electron chi connectivity index (χ3n) is 4.75. The van der Waals surface area contributed by atoms with Crippen molar-refractivity contribution in [1.82, 2.24) is 19.5 Å². The van der Waals surface area contributed by atoms with Crippen LogP contribution in [0.2, 0.25) is 0 Å². The van der Waals surface area contributed by atoms with Gasteiger partial charge in [-0.1, -0.05) is 24.6 Å². The van der Waals surface area contributed by atoms with Crippen LogP contribution in [0.4, 0.5) is 4.39 Å². The van der Waals surface area contributed by atoms with Crippen LogP contribution in [-0.4, -0.2) is 63.3 Å². The molecule has 0 amide bonds. The normalized spacial score (nSPS) is 17.0. The first-order valence-electron chi connectivity index (χ1n) is 10.6. The second-order valence-electron chi connectivity index (χ2n) is 7.37. The Morgan fingerprint density at radius 2 is 2.21 bits per heavy atom. The number of imidazole rings is 1. The number of nitroso groups, excluding NO2 is 1. The number of hydrazone groups is 1. The molecule has 3 heterocycles. The zero-order chi connectivity index (χ0) is 24.8. The van der Waals surface area contributed by atoms with E-state index in [2.05, 4.69) is 39.7 Å². The van der Waals surface area contributed by atoms with E-state index in [4.69, 9.17) is 11.8 Å². The molecule has 2 aliphatic rings. The van der Waals surface area contributed by atoms with Gasteiger partial charge in [-0.3, -0.25) is 0 Å². The molecule has 9 nitrogen and oxygen atoms in total. The van der Waals surface area contributed by atoms with E-state index in [-0.39, 0.29) is 18.4 Å². The van der Waals surface area contributed by atoms with Crippen LogP contribution in [0.25, 0.3) is 0 Å². The molecule has 0 fully saturated rings. The quantitative estimate of drug-likeness (QED) is 0.274. The average molecular weight is 457 g/mol. The molecule has 0 aliphatic carbocycles. The number of allylic oxidation sites excluding steroid dienone is 2. The lowest BCUT2D eigenvalue weighted by atomic mass is 10.0. The topological polar surface area (TPSA) is 102 Å². The number of halogens is 1. The molecule has 2 aliphatic heterocycles. The first-order valence-corrected chi connectivity index (χ1v) is 10.6. The minimum atomic E-state index is -1.06. The Bertz CT molecular complexity index is 911. The van der Waals surface area contributed by atoms with E-state index in [0.717, 1.165) is 18.5 Å². The number of fused-ring (bicyclic) bond motifs is 1. The number of rotatable bonds is 8. The molecule has 33 heavy (non-hydrogen) atoms. The summed E-state index contributed by atoms with van der Waals surface area (Å²) in [6, 6.07) is 0. The van der Waals surface area contributed by atoms with E-state index >= 15 is 0 Å². The molecule has 0 saturated carbocycles. The highest BCUT2D eigenvalue weighted by atomic mass is 19.1. The lowest BCUT2D eigenvalue weighted by Gasteiger charge is -2.32. The molecule has 0 aromatic carbocycles. The molecule has 2 atom stereocenters. The van der Waals surface area contributed by atoms with Crippen LogP contribution >= 0.6 is 0 Å². The highest BCUT2D eigenvalue weighted by Crippen LogP contribution is 2.30. The van der Waals surface area contributed by atoms with Crippen molar-refractivity contribution in [3.05, 3.63) is 47.6 Å². The molecule has 0 spiro atoms. The molecular formula is C23H33FN8O. The van der Waals surface area contributed by atoms with Crippen molar-refractivity contribution >= 4 is 17.9 Å². The van der Waals surface area contributed by atoms with Crippen molar-refractivity contribution < 1.29 is 4.39 Å². The second kappa shape index (κ2) is 14.5. The third-order valence-corrected chi connectivity index (χ3v) is 4.75. The number of terminal acetylenes is 1. The van der Waals surface area contributed by atoms with Gasteiger partial charge >= 0.3 is 0 Å². The molecule has 3 rings (SSSR count). The van der Waals surface area contributed by atoms with E-state index in [1.54, 1.807) is 24.9 Å². The number of hydrogen-bond acceptors (Lipinski definition) is 8. The summed E-state index contributed by atoms with van der Waals surface area (Å²) in [5.74, 6) is 3.07. The summed E-state index contributed by atoms with van der Waals surface area (Å²) in [5, 5.41) is 15.8. The third kappa shape index (κ3) is 8.44. The Morgan fingerprint density at radius 1 is 1.52 bits per heavy atom. The van der Waals surface area contributed by atoms with Crippen LogP contribution in [0, 0.1) is 22.7 Å². The smallest absolute Gasteiger partial charge is 0.152 e. The lowest BCUT2D eigenvalue weighted by molar-refractivity contribution is 0.259. The second-order valence-corrected chi connectivity index (χ2v) is 7.37. The predicted octanol–water partition coefficient (Wildman–Crippen LogP) is 4.21. The Hall–Kier alpha value is -3.61. The fourth-order valence-electron chi connectivity index (χ4n) is 2.94. The van der Waals surface area contributed by atoms with Gasteiger partial charge in [-0.15, -0.1) is 18.9 Å². The fraction of sp³-hybridized carbons (Fsp3) is 0.478. The van der Waals surface area contributed by atoms with Crippen LogP contribution in [0.5, 0.6) is 0 Å². The highest BCUT2D eigenvalue weighted by molar-refractivity contribution is 5.88. The largest absolute Gasteiger partial charge is 0.334 e. The summed E-state index contributed by atoms with van der Waals surface area (Å²) in [5.41, 5.74) is 2.35. The number of amidine groups is 1. The SMILES string of the molecule is C#CCC=C.CC(=N)C(C)F.CCCC1=C(Cn2ccnc2)N=CN2N=C(CN=O)N(C)C12. The molecular weight excluding hydrogens is 423 g/mol. The Labute approximate surface area is 195 Å². The average Bonchev–Trinajstić information content (AvgIpc) is 3.40.